The van der Waals surface area contributed by atoms with Crippen molar-refractivity contribution < 1.29 is 37.7 Å². The van der Waals surface area contributed by atoms with Crippen LogP contribution >= 0.6 is 0 Å². The number of benzene rings is 2. The summed E-state index contributed by atoms with van der Waals surface area (Å²) in [5.41, 5.74) is -1.50. The minimum atomic E-state index is -1.35. The number of pyridine rings is 1. The number of aromatic nitrogens is 3. The number of fused-ring (bicyclic) bond motifs is 3. The van der Waals surface area contributed by atoms with Crippen LogP contribution in [0, 0.1) is 11.6 Å². The zero-order valence-electron chi connectivity index (χ0n) is 26.2. The summed E-state index contributed by atoms with van der Waals surface area (Å²) in [5, 5.41) is 21.6. The Kier molecular flexibility index (Phi) is 7.86. The summed E-state index contributed by atoms with van der Waals surface area (Å²) in [6.45, 7) is 3.52. The van der Waals surface area contributed by atoms with E-state index in [-0.39, 0.29) is 66.5 Å². The third kappa shape index (κ3) is 5.20. The highest BCUT2D eigenvalue weighted by Gasteiger charge is 2.49. The van der Waals surface area contributed by atoms with Crippen LogP contribution < -0.4 is 9.64 Å². The SMILES string of the molecule is CCc1c(F)ccc2cc(O)cc(-c3ncc4c(N5CCC(OC)(C(=O)O)CC5)nc(OC[C@@]56CCCN5C[C@H](F)C6)nc4c3F)c12. The Morgan fingerprint density at radius 3 is 2.64 bits per heavy atom. The summed E-state index contributed by atoms with van der Waals surface area (Å²) in [6.07, 6.45) is 3.13. The predicted molar refractivity (Wildman–Crippen MR) is 169 cm³/mol. The molecule has 4 aromatic rings. The number of anilines is 1. The number of ether oxygens (including phenoxy) is 2. The molecule has 0 bridgehead atoms. The first kappa shape index (κ1) is 31.4. The highest BCUT2D eigenvalue weighted by Crippen LogP contribution is 2.42. The molecule has 7 rings (SSSR count). The Morgan fingerprint density at radius 2 is 1.91 bits per heavy atom. The number of aryl methyl sites for hydroxylation is 1. The number of aromatic hydroxyl groups is 1. The largest absolute Gasteiger partial charge is 0.508 e. The Bertz CT molecular complexity index is 1890. The molecule has 3 aliphatic heterocycles. The fraction of sp³-hybridized carbons (Fsp3) is 0.471. The highest BCUT2D eigenvalue weighted by atomic mass is 19.1. The smallest absolute Gasteiger partial charge is 0.336 e. The third-order valence-corrected chi connectivity index (χ3v) is 10.3. The van der Waals surface area contributed by atoms with E-state index in [1.54, 1.807) is 6.92 Å². The first-order valence-corrected chi connectivity index (χ1v) is 15.9. The monoisotopic (exact) mass is 651 g/mol. The van der Waals surface area contributed by atoms with E-state index in [9.17, 15) is 23.8 Å². The minimum absolute atomic E-state index is 0.0988. The number of nitrogens with zero attached hydrogens (tertiary/aromatic N) is 5. The molecule has 2 aromatic carbocycles. The van der Waals surface area contributed by atoms with Gasteiger partial charge < -0.3 is 24.6 Å². The first-order valence-electron chi connectivity index (χ1n) is 15.9. The van der Waals surface area contributed by atoms with Crippen LogP contribution in [0.3, 0.4) is 0 Å². The van der Waals surface area contributed by atoms with Crippen LogP contribution in [-0.4, -0.2) is 93.2 Å². The number of phenols is 1. The van der Waals surface area contributed by atoms with Crippen molar-refractivity contribution in [1.82, 2.24) is 19.9 Å². The summed E-state index contributed by atoms with van der Waals surface area (Å²) in [5.74, 6) is -2.14. The van der Waals surface area contributed by atoms with E-state index in [0.717, 1.165) is 19.4 Å². The number of carboxylic acids is 1. The maximum absolute atomic E-state index is 16.8. The van der Waals surface area contributed by atoms with Crippen LogP contribution in [0.2, 0.25) is 0 Å². The van der Waals surface area contributed by atoms with Crippen LogP contribution in [-0.2, 0) is 16.0 Å². The van der Waals surface area contributed by atoms with Gasteiger partial charge in [-0.2, -0.15) is 9.97 Å². The number of halogens is 3. The van der Waals surface area contributed by atoms with Gasteiger partial charge in [0.25, 0.3) is 0 Å². The summed E-state index contributed by atoms with van der Waals surface area (Å²) in [4.78, 5) is 29.6. The lowest BCUT2D eigenvalue weighted by atomic mass is 9.91. The molecule has 3 aliphatic rings. The zero-order valence-corrected chi connectivity index (χ0v) is 26.2. The number of phenolic OH excluding ortho intramolecular Hbond substituents is 1. The molecule has 2 aromatic heterocycles. The van der Waals surface area contributed by atoms with Gasteiger partial charge in [0.1, 0.15) is 41.4 Å². The molecule has 13 heteroatoms. The average Bonchev–Trinajstić information content (AvgIpc) is 3.59. The number of piperidine rings is 1. The maximum Gasteiger partial charge on any atom is 0.336 e. The van der Waals surface area contributed by atoms with Crippen molar-refractivity contribution in [3.63, 3.8) is 0 Å². The number of methoxy groups -OCH3 is 1. The average molecular weight is 652 g/mol. The van der Waals surface area contributed by atoms with Crippen LogP contribution in [0.15, 0.2) is 30.5 Å². The standard InChI is InChI=1S/C34H36F3N5O5/c1-3-22-25(36)6-5-19-13-21(43)14-23(26(19)22)28-27(37)29-24(16-38-28)30(41-11-8-34(46-2,9-12-41)31(44)45)40-32(39-29)47-18-33-7-4-10-42(33)17-20(35)15-33/h5-6,13-14,16,20,43H,3-4,7-12,15,17-18H2,1-2H3,(H,44,45)/t20-,33+/m1/s1. The summed E-state index contributed by atoms with van der Waals surface area (Å²) in [7, 11) is 1.37. The Balaban J connectivity index is 1.35. The second-order valence-corrected chi connectivity index (χ2v) is 12.8. The Hall–Kier alpha value is -4.23. The summed E-state index contributed by atoms with van der Waals surface area (Å²) in [6, 6.07) is 5.60. The fourth-order valence-corrected chi connectivity index (χ4v) is 7.78. The van der Waals surface area contributed by atoms with Crippen LogP contribution in [0.5, 0.6) is 11.8 Å². The van der Waals surface area contributed by atoms with Crippen LogP contribution in [0.25, 0.3) is 32.9 Å². The molecule has 0 unspecified atom stereocenters. The van der Waals surface area contributed by atoms with E-state index in [4.69, 9.17) is 9.47 Å². The molecule has 0 amide bonds. The van der Waals surface area contributed by atoms with E-state index in [2.05, 4.69) is 19.9 Å². The van der Waals surface area contributed by atoms with Crippen molar-refractivity contribution in [2.75, 3.05) is 44.8 Å². The van der Waals surface area contributed by atoms with Crippen molar-refractivity contribution in [2.24, 2.45) is 0 Å². The number of carboxylic acid groups (broad SMARTS) is 1. The molecule has 10 nitrogen and oxygen atoms in total. The summed E-state index contributed by atoms with van der Waals surface area (Å²) < 4.78 is 57.8. The van der Waals surface area contributed by atoms with E-state index in [1.165, 1.54) is 37.6 Å². The lowest BCUT2D eigenvalue weighted by Crippen LogP contribution is -2.51. The van der Waals surface area contributed by atoms with Gasteiger partial charge in [0.2, 0.25) is 0 Å². The number of carbonyl (C=O) groups is 1. The molecule has 2 atom stereocenters. The van der Waals surface area contributed by atoms with Gasteiger partial charge in [-0.3, -0.25) is 9.88 Å². The minimum Gasteiger partial charge on any atom is -0.508 e. The molecule has 248 valence electrons. The third-order valence-electron chi connectivity index (χ3n) is 10.3. The molecule has 0 radical (unpaired) electrons. The molecule has 3 saturated heterocycles. The van der Waals surface area contributed by atoms with Crippen molar-refractivity contribution in [2.45, 2.75) is 62.8 Å². The number of hydrogen-bond acceptors (Lipinski definition) is 9. The number of aliphatic carboxylic acids is 1. The molecule has 0 saturated carbocycles. The molecule has 47 heavy (non-hydrogen) atoms. The van der Waals surface area contributed by atoms with Crippen LogP contribution in [0.4, 0.5) is 19.0 Å². The van der Waals surface area contributed by atoms with E-state index >= 15 is 4.39 Å². The van der Waals surface area contributed by atoms with E-state index in [0.29, 0.717) is 41.5 Å². The molecule has 2 N–H and O–H groups in total. The van der Waals surface area contributed by atoms with Crippen molar-refractivity contribution in [3.05, 3.63) is 47.7 Å². The Labute approximate surface area is 269 Å². The number of hydrogen-bond donors (Lipinski definition) is 2. The van der Waals surface area contributed by atoms with Gasteiger partial charge in [-0.15, -0.1) is 0 Å². The normalized spacial score (nSPS) is 22.7. The van der Waals surface area contributed by atoms with Gasteiger partial charge in [0.15, 0.2) is 11.4 Å². The van der Waals surface area contributed by atoms with Crippen LogP contribution in [0.1, 0.15) is 44.6 Å². The molecule has 5 heterocycles. The van der Waals surface area contributed by atoms with Crippen molar-refractivity contribution >= 4 is 33.5 Å². The van der Waals surface area contributed by atoms with Gasteiger partial charge in [-0.1, -0.05) is 13.0 Å². The maximum atomic E-state index is 16.8. The molecule has 3 fully saturated rings. The molecular formula is C34H36F3N5O5. The van der Waals surface area contributed by atoms with Gasteiger partial charge in [0.05, 0.1) is 10.9 Å². The highest BCUT2D eigenvalue weighted by molar-refractivity contribution is 6.01. The van der Waals surface area contributed by atoms with Gasteiger partial charge in [-0.25, -0.2) is 18.0 Å². The van der Waals surface area contributed by atoms with Gasteiger partial charge >= 0.3 is 12.0 Å². The predicted octanol–water partition coefficient (Wildman–Crippen LogP) is 5.42. The van der Waals surface area contributed by atoms with E-state index < -0.39 is 34.9 Å². The second kappa shape index (κ2) is 11.8. The molecular weight excluding hydrogens is 615 g/mol. The molecule has 0 aliphatic carbocycles. The number of rotatable bonds is 8. The zero-order chi connectivity index (χ0) is 33.1. The summed E-state index contributed by atoms with van der Waals surface area (Å²) >= 11 is 0. The lowest BCUT2D eigenvalue weighted by molar-refractivity contribution is -0.164. The number of alkyl halides is 1. The van der Waals surface area contributed by atoms with Gasteiger partial charge in [0, 0.05) is 57.8 Å². The topological polar surface area (TPSA) is 121 Å². The first-order chi connectivity index (χ1) is 22.6. The van der Waals surface area contributed by atoms with E-state index in [1.807, 2.05) is 4.90 Å². The quantitative estimate of drug-likeness (QED) is 0.256. The van der Waals surface area contributed by atoms with Gasteiger partial charge in [-0.05, 0) is 60.3 Å². The second-order valence-electron chi connectivity index (χ2n) is 12.8. The molecule has 0 spiro atoms. The van der Waals surface area contributed by atoms with Crippen molar-refractivity contribution in [1.29, 1.82) is 0 Å². The van der Waals surface area contributed by atoms with Crippen molar-refractivity contribution in [3.8, 4) is 23.0 Å². The Morgan fingerprint density at radius 1 is 1.13 bits per heavy atom. The lowest BCUT2D eigenvalue weighted by Gasteiger charge is -2.38. The fourth-order valence-electron chi connectivity index (χ4n) is 7.78.